The lowest BCUT2D eigenvalue weighted by atomic mass is 10.0. The smallest absolute Gasteiger partial charge is 0.326 e. The van der Waals surface area contributed by atoms with E-state index in [0.717, 1.165) is 6.42 Å². The fourth-order valence-corrected chi connectivity index (χ4v) is 1.48. The topological polar surface area (TPSA) is 57.6 Å². The van der Waals surface area contributed by atoms with Crippen molar-refractivity contribution in [3.05, 3.63) is 0 Å². The second-order valence-electron chi connectivity index (χ2n) is 2.89. The number of amides is 1. The second-order valence-corrected chi connectivity index (χ2v) is 2.89. The van der Waals surface area contributed by atoms with Gasteiger partial charge in [0.1, 0.15) is 6.04 Å². The average Bonchev–Trinajstić information content (AvgIpc) is 2.30. The van der Waals surface area contributed by atoms with E-state index in [1.54, 1.807) is 0 Å². The molecule has 62 valence electrons. The van der Waals surface area contributed by atoms with E-state index in [0.29, 0.717) is 13.0 Å². The fraction of sp³-hybridized carbons (Fsp3) is 0.714. The molecule has 4 heteroatoms. The van der Waals surface area contributed by atoms with Gasteiger partial charge in [0.15, 0.2) is 0 Å². The van der Waals surface area contributed by atoms with Crippen molar-refractivity contribution in [1.82, 2.24) is 4.90 Å². The largest absolute Gasteiger partial charge is 0.480 e. The second kappa shape index (κ2) is 2.90. The van der Waals surface area contributed by atoms with Crippen LogP contribution in [0.3, 0.4) is 0 Å². The van der Waals surface area contributed by atoms with Crippen LogP contribution in [-0.2, 0) is 9.59 Å². The van der Waals surface area contributed by atoms with Gasteiger partial charge in [-0.2, -0.15) is 0 Å². The van der Waals surface area contributed by atoms with Crippen LogP contribution in [0.4, 0.5) is 0 Å². The Bertz CT molecular complexity index is 181. The molecule has 0 aromatic rings. The molecule has 1 N–H and O–H groups in total. The highest BCUT2D eigenvalue weighted by molar-refractivity contribution is 5.77. The molecule has 0 aromatic heterocycles. The number of rotatable bonds is 2. The maximum atomic E-state index is 10.6. The highest BCUT2D eigenvalue weighted by atomic mass is 16.4. The number of carbonyl (C=O) groups excluding carboxylic acids is 1. The Morgan fingerprint density at radius 2 is 2.36 bits per heavy atom. The van der Waals surface area contributed by atoms with Crippen molar-refractivity contribution in [2.45, 2.75) is 19.4 Å². The molecule has 2 atom stereocenters. The van der Waals surface area contributed by atoms with Gasteiger partial charge in [-0.15, -0.1) is 0 Å². The standard InChI is InChI=1S/C7H11NO3/c1-5-2-3-8(4-9)6(5)7(10)11/h4-6H,2-3H2,1H3,(H,10,11). The van der Waals surface area contributed by atoms with Crippen LogP contribution in [0.5, 0.6) is 0 Å². The normalized spacial score (nSPS) is 30.5. The molecule has 0 spiro atoms. The Labute approximate surface area is 64.8 Å². The van der Waals surface area contributed by atoms with Gasteiger partial charge in [0.25, 0.3) is 0 Å². The molecule has 1 amide bonds. The van der Waals surface area contributed by atoms with Crippen molar-refractivity contribution in [3.63, 3.8) is 0 Å². The molecule has 1 saturated heterocycles. The summed E-state index contributed by atoms with van der Waals surface area (Å²) in [6.45, 7) is 2.42. The molecule has 0 radical (unpaired) electrons. The Kier molecular flexibility index (Phi) is 2.12. The molecule has 0 aromatic carbocycles. The lowest BCUT2D eigenvalue weighted by Gasteiger charge is -2.17. The molecule has 0 aliphatic carbocycles. The molecule has 0 bridgehead atoms. The summed E-state index contributed by atoms with van der Waals surface area (Å²) in [4.78, 5) is 22.3. The third-order valence-corrected chi connectivity index (χ3v) is 2.13. The number of likely N-dealkylation sites (tertiary alicyclic amines) is 1. The highest BCUT2D eigenvalue weighted by Gasteiger charge is 2.35. The van der Waals surface area contributed by atoms with E-state index in [1.165, 1.54) is 4.90 Å². The molecule has 1 rings (SSSR count). The van der Waals surface area contributed by atoms with Crippen molar-refractivity contribution in [3.8, 4) is 0 Å². The first kappa shape index (κ1) is 8.04. The number of hydrogen-bond acceptors (Lipinski definition) is 2. The zero-order valence-corrected chi connectivity index (χ0v) is 6.36. The van der Waals surface area contributed by atoms with E-state index < -0.39 is 12.0 Å². The van der Waals surface area contributed by atoms with Crippen LogP contribution in [0.1, 0.15) is 13.3 Å². The van der Waals surface area contributed by atoms with Crippen LogP contribution in [0.25, 0.3) is 0 Å². The summed E-state index contributed by atoms with van der Waals surface area (Å²) in [7, 11) is 0. The molecular weight excluding hydrogens is 146 g/mol. The Morgan fingerprint density at radius 3 is 2.73 bits per heavy atom. The van der Waals surface area contributed by atoms with E-state index in [4.69, 9.17) is 5.11 Å². The molecule has 4 nitrogen and oxygen atoms in total. The van der Waals surface area contributed by atoms with Gasteiger partial charge in [0.05, 0.1) is 0 Å². The number of carboxylic acids is 1. The Balaban J connectivity index is 2.70. The number of carboxylic acid groups (broad SMARTS) is 1. The molecular formula is C7H11NO3. The number of aliphatic carboxylic acids is 1. The minimum atomic E-state index is -0.901. The number of carbonyl (C=O) groups is 2. The van der Waals surface area contributed by atoms with E-state index in [1.807, 2.05) is 6.92 Å². The van der Waals surface area contributed by atoms with Crippen LogP contribution >= 0.6 is 0 Å². The first-order valence-corrected chi connectivity index (χ1v) is 3.60. The van der Waals surface area contributed by atoms with Gasteiger partial charge in [0.2, 0.25) is 6.41 Å². The van der Waals surface area contributed by atoms with E-state index in [-0.39, 0.29) is 5.92 Å². The van der Waals surface area contributed by atoms with Crippen LogP contribution in [0.15, 0.2) is 0 Å². The summed E-state index contributed by atoms with van der Waals surface area (Å²) in [6, 6.07) is -0.604. The van der Waals surface area contributed by atoms with Crippen LogP contribution in [0, 0.1) is 5.92 Å². The van der Waals surface area contributed by atoms with Crippen LogP contribution in [-0.4, -0.2) is 35.0 Å². The number of nitrogens with zero attached hydrogens (tertiary/aromatic N) is 1. The molecule has 1 fully saturated rings. The zero-order valence-electron chi connectivity index (χ0n) is 6.36. The first-order valence-electron chi connectivity index (χ1n) is 3.60. The molecule has 2 unspecified atom stereocenters. The fourth-order valence-electron chi connectivity index (χ4n) is 1.48. The van der Waals surface area contributed by atoms with Crippen molar-refractivity contribution < 1.29 is 14.7 Å². The van der Waals surface area contributed by atoms with Gasteiger partial charge < -0.3 is 10.0 Å². The van der Waals surface area contributed by atoms with Gasteiger partial charge in [-0.1, -0.05) is 6.92 Å². The van der Waals surface area contributed by atoms with E-state index >= 15 is 0 Å². The van der Waals surface area contributed by atoms with Gasteiger partial charge in [0, 0.05) is 6.54 Å². The summed E-state index contributed by atoms with van der Waals surface area (Å²) in [6.07, 6.45) is 1.40. The summed E-state index contributed by atoms with van der Waals surface area (Å²) in [5.74, 6) is -0.820. The lowest BCUT2D eigenvalue weighted by molar-refractivity contribution is -0.145. The lowest BCUT2D eigenvalue weighted by Crippen LogP contribution is -2.37. The predicted molar refractivity (Wildman–Crippen MR) is 38.0 cm³/mol. The van der Waals surface area contributed by atoms with E-state index in [9.17, 15) is 9.59 Å². The Hall–Kier alpha value is -1.06. The minimum Gasteiger partial charge on any atom is -0.480 e. The molecule has 1 aliphatic rings. The Morgan fingerprint density at radius 1 is 1.73 bits per heavy atom. The van der Waals surface area contributed by atoms with Crippen molar-refractivity contribution >= 4 is 12.4 Å². The van der Waals surface area contributed by atoms with Gasteiger partial charge >= 0.3 is 5.97 Å². The van der Waals surface area contributed by atoms with Crippen molar-refractivity contribution in [2.75, 3.05) is 6.54 Å². The molecule has 1 heterocycles. The number of hydrogen-bond donors (Lipinski definition) is 1. The third kappa shape index (κ3) is 1.34. The monoisotopic (exact) mass is 157 g/mol. The SMILES string of the molecule is CC1CCN(C=O)C1C(=O)O. The van der Waals surface area contributed by atoms with Gasteiger partial charge in [-0.25, -0.2) is 4.79 Å². The molecule has 1 aliphatic heterocycles. The molecule has 0 saturated carbocycles. The van der Waals surface area contributed by atoms with Crippen molar-refractivity contribution in [2.24, 2.45) is 5.92 Å². The maximum absolute atomic E-state index is 10.6. The van der Waals surface area contributed by atoms with E-state index in [2.05, 4.69) is 0 Å². The highest BCUT2D eigenvalue weighted by Crippen LogP contribution is 2.21. The summed E-state index contributed by atoms with van der Waals surface area (Å²) >= 11 is 0. The average molecular weight is 157 g/mol. The third-order valence-electron chi connectivity index (χ3n) is 2.13. The van der Waals surface area contributed by atoms with Gasteiger partial charge in [-0.3, -0.25) is 4.79 Å². The predicted octanol–water partition coefficient (Wildman–Crippen LogP) is -0.0622. The van der Waals surface area contributed by atoms with Crippen molar-refractivity contribution in [1.29, 1.82) is 0 Å². The summed E-state index contributed by atoms with van der Waals surface area (Å²) in [5.41, 5.74) is 0. The summed E-state index contributed by atoms with van der Waals surface area (Å²) in [5, 5.41) is 8.68. The van der Waals surface area contributed by atoms with Crippen LogP contribution < -0.4 is 0 Å². The zero-order chi connectivity index (χ0) is 8.43. The van der Waals surface area contributed by atoms with Gasteiger partial charge in [-0.05, 0) is 12.3 Å². The van der Waals surface area contributed by atoms with Crippen LogP contribution in [0.2, 0.25) is 0 Å². The first-order chi connectivity index (χ1) is 5.16. The quantitative estimate of drug-likeness (QED) is 0.571. The summed E-state index contributed by atoms with van der Waals surface area (Å²) < 4.78 is 0. The molecule has 11 heavy (non-hydrogen) atoms. The minimum absolute atomic E-state index is 0.0812. The maximum Gasteiger partial charge on any atom is 0.326 e.